The maximum atomic E-state index is 11.2. The number of aromatic nitrogens is 2. The van der Waals surface area contributed by atoms with Crippen molar-refractivity contribution < 1.29 is 14.6 Å². The number of carboxylic acid groups (broad SMARTS) is 1. The van der Waals surface area contributed by atoms with Crippen LogP contribution in [0.15, 0.2) is 12.1 Å². The molecule has 112 valence electrons. The molecule has 3 rings (SSSR count). The van der Waals surface area contributed by atoms with Crippen molar-refractivity contribution in [3.63, 3.8) is 0 Å². The molecular weight excluding hydrogens is 315 g/mol. The first-order chi connectivity index (χ1) is 9.95. The molecule has 1 aliphatic rings. The van der Waals surface area contributed by atoms with Crippen LogP contribution in [0.25, 0.3) is 11.0 Å². The molecule has 2 heterocycles. The van der Waals surface area contributed by atoms with Crippen LogP contribution in [0.5, 0.6) is 0 Å². The van der Waals surface area contributed by atoms with Crippen LogP contribution in [-0.2, 0) is 16.1 Å². The first kappa shape index (κ1) is 14.6. The van der Waals surface area contributed by atoms with E-state index in [1.54, 1.807) is 16.7 Å². The normalized spacial score (nSPS) is 22.0. The second kappa shape index (κ2) is 5.48. The Labute approximate surface area is 131 Å². The van der Waals surface area contributed by atoms with Crippen LogP contribution >= 0.6 is 23.2 Å². The molecule has 1 saturated heterocycles. The summed E-state index contributed by atoms with van der Waals surface area (Å²) in [5.41, 5.74) is 1.33. The van der Waals surface area contributed by atoms with E-state index < -0.39 is 5.97 Å². The molecule has 1 aliphatic heterocycles. The Kier molecular flexibility index (Phi) is 3.82. The van der Waals surface area contributed by atoms with Gasteiger partial charge in [0, 0.05) is 5.92 Å². The van der Waals surface area contributed by atoms with E-state index in [2.05, 4.69) is 4.98 Å². The molecule has 21 heavy (non-hydrogen) atoms. The third kappa shape index (κ3) is 2.73. The van der Waals surface area contributed by atoms with Crippen LogP contribution in [0, 0.1) is 0 Å². The third-order valence-electron chi connectivity index (χ3n) is 3.68. The van der Waals surface area contributed by atoms with Gasteiger partial charge in [-0.05, 0) is 25.5 Å². The third-order valence-corrected chi connectivity index (χ3v) is 4.40. The molecule has 1 aromatic carbocycles. The molecule has 0 spiro atoms. The maximum absolute atomic E-state index is 11.2. The number of imidazole rings is 1. The van der Waals surface area contributed by atoms with Gasteiger partial charge in [0.05, 0.1) is 33.8 Å². The Morgan fingerprint density at radius 2 is 2.19 bits per heavy atom. The molecule has 2 atom stereocenters. The van der Waals surface area contributed by atoms with Gasteiger partial charge in [-0.3, -0.25) is 4.79 Å². The summed E-state index contributed by atoms with van der Waals surface area (Å²) in [6.07, 6.45) is 0.977. The van der Waals surface area contributed by atoms with E-state index in [1.165, 1.54) is 0 Å². The van der Waals surface area contributed by atoms with Crippen LogP contribution in [0.4, 0.5) is 0 Å². The second-order valence-corrected chi connectivity index (χ2v) is 6.10. The van der Waals surface area contributed by atoms with E-state index in [0.717, 1.165) is 12.2 Å². The number of benzene rings is 1. The summed E-state index contributed by atoms with van der Waals surface area (Å²) < 4.78 is 7.26. The lowest BCUT2D eigenvalue weighted by Gasteiger charge is -2.10. The van der Waals surface area contributed by atoms with Crippen LogP contribution in [0.1, 0.15) is 25.1 Å². The summed E-state index contributed by atoms with van der Waals surface area (Å²) in [4.78, 5) is 15.7. The van der Waals surface area contributed by atoms with Gasteiger partial charge in [-0.2, -0.15) is 0 Å². The molecule has 1 fully saturated rings. The predicted molar refractivity (Wildman–Crippen MR) is 80.2 cm³/mol. The zero-order chi connectivity index (χ0) is 15.1. The number of aliphatic carboxylic acids is 1. The standard InChI is InChI=1S/C14H14Cl2N2O3/c1-7-2-8(6-21-7)14-17-11-3-9(15)10(16)4-12(11)18(14)5-13(19)20/h3-4,7-8H,2,5-6H2,1H3,(H,19,20). The van der Waals surface area contributed by atoms with Crippen LogP contribution in [-0.4, -0.2) is 33.3 Å². The zero-order valence-electron chi connectivity index (χ0n) is 11.3. The highest BCUT2D eigenvalue weighted by Crippen LogP contribution is 2.34. The van der Waals surface area contributed by atoms with Gasteiger partial charge in [0.1, 0.15) is 12.4 Å². The van der Waals surface area contributed by atoms with Crippen molar-refractivity contribution in [3.8, 4) is 0 Å². The van der Waals surface area contributed by atoms with E-state index in [4.69, 9.17) is 33.0 Å². The van der Waals surface area contributed by atoms with E-state index in [-0.39, 0.29) is 18.6 Å². The van der Waals surface area contributed by atoms with Gasteiger partial charge in [0.2, 0.25) is 0 Å². The summed E-state index contributed by atoms with van der Waals surface area (Å²) in [7, 11) is 0. The van der Waals surface area contributed by atoms with Crippen molar-refractivity contribution in [1.82, 2.24) is 9.55 Å². The Morgan fingerprint density at radius 3 is 2.81 bits per heavy atom. The van der Waals surface area contributed by atoms with Gasteiger partial charge in [-0.15, -0.1) is 0 Å². The minimum Gasteiger partial charge on any atom is -0.480 e. The van der Waals surface area contributed by atoms with Crippen LogP contribution in [0.2, 0.25) is 10.0 Å². The van der Waals surface area contributed by atoms with Crippen molar-refractivity contribution in [2.75, 3.05) is 6.61 Å². The van der Waals surface area contributed by atoms with Crippen molar-refractivity contribution in [1.29, 1.82) is 0 Å². The Balaban J connectivity index is 2.15. The van der Waals surface area contributed by atoms with Crippen LogP contribution in [0.3, 0.4) is 0 Å². The minimum atomic E-state index is -0.923. The lowest BCUT2D eigenvalue weighted by Crippen LogP contribution is -2.15. The highest BCUT2D eigenvalue weighted by atomic mass is 35.5. The Morgan fingerprint density at radius 1 is 1.48 bits per heavy atom. The number of hydrogen-bond donors (Lipinski definition) is 1. The molecule has 0 saturated carbocycles. The highest BCUT2D eigenvalue weighted by Gasteiger charge is 2.29. The maximum Gasteiger partial charge on any atom is 0.323 e. The number of halogens is 2. The average molecular weight is 329 g/mol. The number of rotatable bonds is 3. The van der Waals surface area contributed by atoms with Gasteiger partial charge in [0.15, 0.2) is 0 Å². The number of carbonyl (C=O) groups is 1. The lowest BCUT2D eigenvalue weighted by molar-refractivity contribution is -0.137. The number of hydrogen-bond acceptors (Lipinski definition) is 3. The molecule has 5 nitrogen and oxygen atoms in total. The van der Waals surface area contributed by atoms with E-state index in [1.807, 2.05) is 6.92 Å². The molecule has 0 bridgehead atoms. The monoisotopic (exact) mass is 328 g/mol. The number of ether oxygens (including phenoxy) is 1. The van der Waals surface area contributed by atoms with Gasteiger partial charge in [-0.1, -0.05) is 23.2 Å². The number of fused-ring (bicyclic) bond motifs is 1. The van der Waals surface area contributed by atoms with Gasteiger partial charge in [0.25, 0.3) is 0 Å². The Hall–Kier alpha value is -1.30. The molecule has 2 unspecified atom stereocenters. The Bertz CT molecular complexity index is 714. The molecule has 0 aliphatic carbocycles. The predicted octanol–water partition coefficient (Wildman–Crippen LogP) is 3.32. The SMILES string of the molecule is CC1CC(c2nc3cc(Cl)c(Cl)cc3n2CC(=O)O)CO1. The first-order valence-electron chi connectivity index (χ1n) is 6.64. The fourth-order valence-electron chi connectivity index (χ4n) is 2.75. The van der Waals surface area contributed by atoms with E-state index >= 15 is 0 Å². The smallest absolute Gasteiger partial charge is 0.323 e. The highest BCUT2D eigenvalue weighted by molar-refractivity contribution is 6.42. The van der Waals surface area contributed by atoms with Crippen molar-refractivity contribution in [3.05, 3.63) is 28.0 Å². The second-order valence-electron chi connectivity index (χ2n) is 5.28. The molecule has 2 aromatic rings. The van der Waals surface area contributed by atoms with Gasteiger partial charge >= 0.3 is 5.97 Å². The summed E-state index contributed by atoms with van der Waals surface area (Å²) in [5, 5.41) is 9.95. The number of nitrogens with zero attached hydrogens (tertiary/aromatic N) is 2. The lowest BCUT2D eigenvalue weighted by atomic mass is 10.1. The largest absolute Gasteiger partial charge is 0.480 e. The summed E-state index contributed by atoms with van der Waals surface area (Å²) in [6, 6.07) is 3.33. The minimum absolute atomic E-state index is 0.0873. The molecule has 0 radical (unpaired) electrons. The van der Waals surface area contributed by atoms with Crippen LogP contribution < -0.4 is 0 Å². The first-order valence-corrected chi connectivity index (χ1v) is 7.40. The summed E-state index contributed by atoms with van der Waals surface area (Å²) in [6.45, 7) is 2.39. The number of carboxylic acids is 1. The zero-order valence-corrected chi connectivity index (χ0v) is 12.9. The molecular formula is C14H14Cl2N2O3. The fraction of sp³-hybridized carbons (Fsp3) is 0.429. The van der Waals surface area contributed by atoms with Gasteiger partial charge in [-0.25, -0.2) is 4.98 Å². The quantitative estimate of drug-likeness (QED) is 0.938. The fourth-order valence-corrected chi connectivity index (χ4v) is 3.06. The van der Waals surface area contributed by atoms with Crippen molar-refractivity contribution in [2.24, 2.45) is 0 Å². The molecule has 0 amide bonds. The average Bonchev–Trinajstić information content (AvgIpc) is 2.95. The molecule has 1 aromatic heterocycles. The molecule has 7 heteroatoms. The summed E-state index contributed by atoms with van der Waals surface area (Å²) in [5.74, 6) is -0.118. The summed E-state index contributed by atoms with van der Waals surface area (Å²) >= 11 is 12.1. The van der Waals surface area contributed by atoms with E-state index in [9.17, 15) is 4.79 Å². The molecule has 1 N–H and O–H groups in total. The topological polar surface area (TPSA) is 64.4 Å². The van der Waals surface area contributed by atoms with Crippen molar-refractivity contribution >= 4 is 40.2 Å². The van der Waals surface area contributed by atoms with Gasteiger partial charge < -0.3 is 14.4 Å². The van der Waals surface area contributed by atoms with Crippen molar-refractivity contribution in [2.45, 2.75) is 31.9 Å². The van der Waals surface area contributed by atoms with E-state index in [0.29, 0.717) is 27.7 Å².